The molecule has 2 rings (SSSR count). The van der Waals surface area contributed by atoms with Crippen LogP contribution in [0, 0.1) is 5.92 Å². The molecule has 2 atom stereocenters. The molecular formula is C15H28N2O3S. The smallest absolute Gasteiger partial charge is 0.241 e. The molecule has 0 saturated carbocycles. The van der Waals surface area contributed by atoms with Crippen LogP contribution in [-0.4, -0.2) is 49.0 Å². The van der Waals surface area contributed by atoms with E-state index in [1.807, 2.05) is 4.90 Å². The van der Waals surface area contributed by atoms with E-state index in [1.165, 1.54) is 0 Å². The molecule has 6 heteroatoms. The maximum atomic E-state index is 12.7. The minimum atomic E-state index is -2.89. The Labute approximate surface area is 128 Å². The molecule has 2 fully saturated rings. The van der Waals surface area contributed by atoms with Gasteiger partial charge in [0.25, 0.3) is 0 Å². The van der Waals surface area contributed by atoms with E-state index in [9.17, 15) is 13.2 Å². The summed E-state index contributed by atoms with van der Waals surface area (Å²) in [5.41, 5.74) is 0. The number of sulfone groups is 1. The molecule has 21 heavy (non-hydrogen) atoms. The predicted octanol–water partition coefficient (Wildman–Crippen LogP) is 1.54. The summed E-state index contributed by atoms with van der Waals surface area (Å²) < 4.78 is 23.2. The van der Waals surface area contributed by atoms with E-state index in [2.05, 4.69) is 26.1 Å². The number of rotatable bonds is 5. The number of nitrogens with zero attached hydrogens (tertiary/aromatic N) is 1. The fourth-order valence-corrected chi connectivity index (χ4v) is 4.83. The molecule has 0 radical (unpaired) electrons. The van der Waals surface area contributed by atoms with Crippen LogP contribution in [0.1, 0.15) is 52.9 Å². The van der Waals surface area contributed by atoms with Crippen LogP contribution in [0.3, 0.4) is 0 Å². The largest absolute Gasteiger partial charge is 0.322 e. The summed E-state index contributed by atoms with van der Waals surface area (Å²) in [4.78, 5) is 14.7. The second-order valence-corrected chi connectivity index (χ2v) is 8.98. The molecule has 1 amide bonds. The van der Waals surface area contributed by atoms with Gasteiger partial charge in [0.15, 0.2) is 0 Å². The third-order valence-corrected chi connectivity index (χ3v) is 6.34. The number of carbonyl (C=O) groups excluding carboxylic acids is 1. The Morgan fingerprint density at radius 1 is 1.29 bits per heavy atom. The van der Waals surface area contributed by atoms with Crippen LogP contribution in [0.2, 0.25) is 0 Å². The van der Waals surface area contributed by atoms with Crippen molar-refractivity contribution in [3.63, 3.8) is 0 Å². The number of hydrogen-bond acceptors (Lipinski definition) is 4. The number of hydrogen-bond donors (Lipinski definition) is 1. The third-order valence-electron chi connectivity index (χ3n) is 4.62. The maximum absolute atomic E-state index is 12.7. The molecule has 2 aliphatic heterocycles. The van der Waals surface area contributed by atoms with Crippen LogP contribution in [0.5, 0.6) is 0 Å². The summed E-state index contributed by atoms with van der Waals surface area (Å²) in [7, 11) is -2.89. The van der Waals surface area contributed by atoms with Gasteiger partial charge in [-0.2, -0.15) is 0 Å². The van der Waals surface area contributed by atoms with Crippen molar-refractivity contribution in [2.24, 2.45) is 5.92 Å². The SMILES string of the molecule is CCCCC1NC(C(C)C)N(C2CCS(=O)(=O)CC2)C1=O. The molecule has 2 heterocycles. The Morgan fingerprint density at radius 3 is 2.43 bits per heavy atom. The van der Waals surface area contributed by atoms with Gasteiger partial charge in [0, 0.05) is 6.04 Å². The van der Waals surface area contributed by atoms with Crippen LogP contribution in [0.4, 0.5) is 0 Å². The van der Waals surface area contributed by atoms with Gasteiger partial charge in [-0.15, -0.1) is 0 Å². The first-order valence-corrected chi connectivity index (χ1v) is 9.96. The lowest BCUT2D eigenvalue weighted by molar-refractivity contribution is -0.133. The summed E-state index contributed by atoms with van der Waals surface area (Å²) in [6.45, 7) is 6.35. The number of nitrogens with one attached hydrogen (secondary N) is 1. The van der Waals surface area contributed by atoms with Crippen LogP contribution in [-0.2, 0) is 14.6 Å². The first-order valence-electron chi connectivity index (χ1n) is 8.14. The lowest BCUT2D eigenvalue weighted by Gasteiger charge is -2.36. The van der Waals surface area contributed by atoms with Crippen molar-refractivity contribution in [3.05, 3.63) is 0 Å². The van der Waals surface area contributed by atoms with E-state index >= 15 is 0 Å². The molecule has 2 saturated heterocycles. The second-order valence-electron chi connectivity index (χ2n) is 6.68. The van der Waals surface area contributed by atoms with E-state index in [0.29, 0.717) is 18.8 Å². The summed E-state index contributed by atoms with van der Waals surface area (Å²) in [5.74, 6) is 0.933. The number of carbonyl (C=O) groups is 1. The Hall–Kier alpha value is -0.620. The van der Waals surface area contributed by atoms with Crippen molar-refractivity contribution in [1.82, 2.24) is 10.2 Å². The van der Waals surface area contributed by atoms with Gasteiger partial charge >= 0.3 is 0 Å². The van der Waals surface area contributed by atoms with Crippen molar-refractivity contribution in [2.75, 3.05) is 11.5 Å². The molecular weight excluding hydrogens is 288 g/mol. The lowest BCUT2D eigenvalue weighted by atomic mass is 10.1. The van der Waals surface area contributed by atoms with Crippen LogP contribution < -0.4 is 5.32 Å². The van der Waals surface area contributed by atoms with E-state index in [0.717, 1.165) is 19.3 Å². The van der Waals surface area contributed by atoms with Crippen LogP contribution >= 0.6 is 0 Å². The van der Waals surface area contributed by atoms with Crippen LogP contribution in [0.15, 0.2) is 0 Å². The zero-order valence-electron chi connectivity index (χ0n) is 13.3. The second kappa shape index (κ2) is 6.65. The highest BCUT2D eigenvalue weighted by Gasteiger charge is 2.44. The first kappa shape index (κ1) is 16.7. The van der Waals surface area contributed by atoms with Gasteiger partial charge in [0.2, 0.25) is 5.91 Å². The van der Waals surface area contributed by atoms with E-state index in [1.54, 1.807) is 0 Å². The zero-order valence-corrected chi connectivity index (χ0v) is 14.2. The fraction of sp³-hybridized carbons (Fsp3) is 0.933. The molecule has 0 aromatic rings. The maximum Gasteiger partial charge on any atom is 0.241 e. The molecule has 0 aliphatic carbocycles. The summed E-state index contributed by atoms with van der Waals surface area (Å²) in [6, 6.07) is -0.0107. The van der Waals surface area contributed by atoms with Gasteiger partial charge in [-0.1, -0.05) is 33.6 Å². The molecule has 2 unspecified atom stereocenters. The molecule has 1 N–H and O–H groups in total. The summed E-state index contributed by atoms with van der Waals surface area (Å²) in [5, 5.41) is 3.47. The standard InChI is InChI=1S/C15H28N2O3S/c1-4-5-6-13-15(18)17(14(16-13)11(2)3)12-7-9-21(19,20)10-8-12/h11-14,16H,4-10H2,1-3H3. The predicted molar refractivity (Wildman–Crippen MR) is 83.6 cm³/mol. The van der Waals surface area contributed by atoms with Crippen molar-refractivity contribution in [3.8, 4) is 0 Å². The summed E-state index contributed by atoms with van der Waals surface area (Å²) >= 11 is 0. The Kier molecular flexibility index (Phi) is 5.30. The van der Waals surface area contributed by atoms with E-state index < -0.39 is 9.84 Å². The normalized spacial score (nSPS) is 30.3. The van der Waals surface area contributed by atoms with Gasteiger partial charge in [-0.3, -0.25) is 10.1 Å². The lowest BCUT2D eigenvalue weighted by Crippen LogP contribution is -2.50. The molecule has 2 aliphatic rings. The van der Waals surface area contributed by atoms with Gasteiger partial charge in [0.1, 0.15) is 9.84 Å². The van der Waals surface area contributed by atoms with Crippen molar-refractivity contribution in [2.45, 2.75) is 71.1 Å². The zero-order chi connectivity index (χ0) is 15.6. The van der Waals surface area contributed by atoms with Crippen molar-refractivity contribution >= 4 is 15.7 Å². The van der Waals surface area contributed by atoms with Crippen molar-refractivity contribution in [1.29, 1.82) is 0 Å². The third kappa shape index (κ3) is 3.77. The molecule has 0 spiro atoms. The molecule has 5 nitrogen and oxygen atoms in total. The highest BCUT2D eigenvalue weighted by atomic mass is 32.2. The Bertz CT molecular complexity index is 461. The highest BCUT2D eigenvalue weighted by Crippen LogP contribution is 2.28. The van der Waals surface area contributed by atoms with Gasteiger partial charge < -0.3 is 4.90 Å². The fourth-order valence-electron chi connectivity index (χ4n) is 3.37. The van der Waals surface area contributed by atoms with Crippen molar-refractivity contribution < 1.29 is 13.2 Å². The van der Waals surface area contributed by atoms with Gasteiger partial charge in [0.05, 0.1) is 23.7 Å². The molecule has 0 bridgehead atoms. The van der Waals surface area contributed by atoms with E-state index in [-0.39, 0.29) is 35.7 Å². The number of amides is 1. The summed E-state index contributed by atoms with van der Waals surface area (Å²) in [6.07, 6.45) is 4.21. The molecule has 0 aromatic carbocycles. The molecule has 122 valence electrons. The quantitative estimate of drug-likeness (QED) is 0.835. The highest BCUT2D eigenvalue weighted by molar-refractivity contribution is 7.91. The molecule has 0 aromatic heterocycles. The first-order chi connectivity index (χ1) is 9.85. The Balaban J connectivity index is 2.09. The topological polar surface area (TPSA) is 66.5 Å². The Morgan fingerprint density at radius 2 is 1.90 bits per heavy atom. The van der Waals surface area contributed by atoms with Crippen LogP contribution in [0.25, 0.3) is 0 Å². The van der Waals surface area contributed by atoms with E-state index in [4.69, 9.17) is 0 Å². The van der Waals surface area contributed by atoms with Gasteiger partial charge in [-0.05, 0) is 25.2 Å². The average molecular weight is 316 g/mol. The minimum Gasteiger partial charge on any atom is -0.322 e. The number of unbranched alkanes of at least 4 members (excludes halogenated alkanes) is 1. The van der Waals surface area contributed by atoms with Gasteiger partial charge in [-0.25, -0.2) is 8.42 Å². The minimum absolute atomic E-state index is 0.0464. The average Bonchev–Trinajstić information content (AvgIpc) is 2.74. The monoisotopic (exact) mass is 316 g/mol.